The molecule has 0 aliphatic heterocycles. The minimum Gasteiger partial charge on any atom is -0.277 e. The zero-order valence-corrected chi connectivity index (χ0v) is 15.8. The zero-order chi connectivity index (χ0) is 20.1. The van der Waals surface area contributed by atoms with Gasteiger partial charge in [-0.3, -0.25) is 18.9 Å². The van der Waals surface area contributed by atoms with Crippen LogP contribution in [0.1, 0.15) is 5.56 Å². The van der Waals surface area contributed by atoms with E-state index in [1.165, 1.54) is 0 Å². The highest BCUT2D eigenvalue weighted by molar-refractivity contribution is 5.92. The van der Waals surface area contributed by atoms with Crippen molar-refractivity contribution in [3.8, 4) is 23.0 Å². The lowest BCUT2D eigenvalue weighted by molar-refractivity contribution is 1.09. The second-order valence-corrected chi connectivity index (χ2v) is 6.99. The van der Waals surface area contributed by atoms with Gasteiger partial charge < -0.3 is 0 Å². The van der Waals surface area contributed by atoms with Gasteiger partial charge in [-0.25, -0.2) is 4.98 Å². The first-order chi connectivity index (χ1) is 14.8. The van der Waals surface area contributed by atoms with Crippen LogP contribution in [-0.2, 0) is 0 Å². The van der Waals surface area contributed by atoms with E-state index in [0.29, 0.717) is 5.56 Å². The molecule has 0 aliphatic rings. The molecular weight excluding hydrogens is 372 g/mol. The number of para-hydroxylation sites is 4. The maximum absolute atomic E-state index is 9.36. The van der Waals surface area contributed by atoms with Crippen molar-refractivity contribution in [2.45, 2.75) is 0 Å². The fourth-order valence-electron chi connectivity index (χ4n) is 3.99. The molecule has 0 saturated carbocycles. The lowest BCUT2D eigenvalue weighted by Gasteiger charge is -2.07. The van der Waals surface area contributed by atoms with E-state index in [0.717, 1.165) is 44.8 Å². The Kier molecular flexibility index (Phi) is 3.43. The van der Waals surface area contributed by atoms with Crippen LogP contribution in [-0.4, -0.2) is 23.9 Å². The summed E-state index contributed by atoms with van der Waals surface area (Å²) in [5.74, 6) is 0.841. The van der Waals surface area contributed by atoms with Gasteiger partial charge in [-0.15, -0.1) is 0 Å². The van der Waals surface area contributed by atoms with Gasteiger partial charge in [-0.2, -0.15) is 5.26 Å². The number of hydrogen-bond acceptors (Lipinski definition) is 4. The lowest BCUT2D eigenvalue weighted by atomic mass is 10.1. The Morgan fingerprint density at radius 1 is 0.800 bits per heavy atom. The predicted molar refractivity (Wildman–Crippen MR) is 115 cm³/mol. The number of pyridine rings is 2. The predicted octanol–water partition coefficient (Wildman–Crippen LogP) is 4.76. The number of nitrogens with zero attached hydrogens (tertiary/aromatic N) is 6. The number of hydrogen-bond donors (Lipinski definition) is 0. The average Bonchev–Trinajstić information content (AvgIpc) is 3.34. The van der Waals surface area contributed by atoms with E-state index in [1.807, 2.05) is 54.7 Å². The van der Waals surface area contributed by atoms with Gasteiger partial charge in [0.05, 0.1) is 45.2 Å². The molecule has 6 rings (SSSR count). The molecule has 6 nitrogen and oxygen atoms in total. The van der Waals surface area contributed by atoms with E-state index in [9.17, 15) is 5.26 Å². The summed E-state index contributed by atoms with van der Waals surface area (Å²) in [5, 5.41) is 9.36. The molecule has 0 N–H and O–H groups in total. The van der Waals surface area contributed by atoms with Crippen molar-refractivity contribution in [2.75, 3.05) is 0 Å². The normalized spacial score (nSPS) is 11.3. The van der Waals surface area contributed by atoms with Crippen molar-refractivity contribution in [3.05, 3.63) is 90.9 Å². The molecule has 0 bridgehead atoms. The third kappa shape index (κ3) is 2.26. The molecule has 0 unspecified atom stereocenters. The number of aromatic nitrogens is 5. The molecule has 4 heterocycles. The average molecular weight is 386 g/mol. The van der Waals surface area contributed by atoms with Crippen LogP contribution < -0.4 is 0 Å². The third-order valence-corrected chi connectivity index (χ3v) is 5.33. The molecule has 2 aromatic carbocycles. The highest BCUT2D eigenvalue weighted by Crippen LogP contribution is 2.29. The van der Waals surface area contributed by atoms with Crippen molar-refractivity contribution < 1.29 is 0 Å². The van der Waals surface area contributed by atoms with Gasteiger partial charge in [0, 0.05) is 18.0 Å². The first-order valence-electron chi connectivity index (χ1n) is 9.53. The molecule has 0 spiro atoms. The fraction of sp³-hybridized carbons (Fsp3) is 0. The van der Waals surface area contributed by atoms with Gasteiger partial charge >= 0.3 is 0 Å². The first kappa shape index (κ1) is 16.5. The summed E-state index contributed by atoms with van der Waals surface area (Å²) in [4.78, 5) is 13.6. The molecule has 0 fully saturated rings. The maximum Gasteiger partial charge on any atom is 0.220 e. The van der Waals surface area contributed by atoms with E-state index in [-0.39, 0.29) is 0 Å². The van der Waals surface area contributed by atoms with Gasteiger partial charge in [-0.05, 0) is 42.5 Å². The quantitative estimate of drug-likeness (QED) is 0.430. The van der Waals surface area contributed by atoms with Crippen molar-refractivity contribution in [1.82, 2.24) is 23.9 Å². The summed E-state index contributed by atoms with van der Waals surface area (Å²) >= 11 is 0. The Morgan fingerprint density at radius 2 is 1.60 bits per heavy atom. The summed E-state index contributed by atoms with van der Waals surface area (Å²) in [6, 6.07) is 24.3. The highest BCUT2D eigenvalue weighted by Gasteiger charge is 2.17. The summed E-state index contributed by atoms with van der Waals surface area (Å²) in [7, 11) is 0. The molecule has 4 aromatic heterocycles. The molecule has 140 valence electrons. The Labute approximate surface area is 171 Å². The summed E-state index contributed by atoms with van der Waals surface area (Å²) in [6.45, 7) is 0. The number of nitriles is 1. The van der Waals surface area contributed by atoms with Crippen molar-refractivity contribution in [2.24, 2.45) is 0 Å². The number of fused-ring (bicyclic) bond motifs is 5. The van der Waals surface area contributed by atoms with Gasteiger partial charge in [0.1, 0.15) is 6.07 Å². The van der Waals surface area contributed by atoms with Crippen molar-refractivity contribution in [3.63, 3.8) is 0 Å². The van der Waals surface area contributed by atoms with Gasteiger partial charge in [0.15, 0.2) is 0 Å². The summed E-state index contributed by atoms with van der Waals surface area (Å²) < 4.78 is 4.29. The maximum atomic E-state index is 9.36. The molecule has 6 aromatic rings. The van der Waals surface area contributed by atoms with Crippen LogP contribution >= 0.6 is 0 Å². The third-order valence-electron chi connectivity index (χ3n) is 5.33. The minimum absolute atomic E-state index is 0.506. The zero-order valence-electron chi connectivity index (χ0n) is 15.8. The first-order valence-corrected chi connectivity index (χ1v) is 9.53. The number of imidazole rings is 2. The Morgan fingerprint density at radius 3 is 2.40 bits per heavy atom. The Balaban J connectivity index is 1.60. The molecule has 0 atom stereocenters. The highest BCUT2D eigenvalue weighted by atomic mass is 15.2. The van der Waals surface area contributed by atoms with E-state index in [2.05, 4.69) is 43.2 Å². The Bertz CT molecular complexity index is 1600. The van der Waals surface area contributed by atoms with Gasteiger partial charge in [-0.1, -0.05) is 24.3 Å². The molecule has 30 heavy (non-hydrogen) atoms. The standard InChI is InChI=1S/C24H14N6/c25-13-16-14-26-12-11-18(16)19-10-9-17(15-27-19)29-22-7-3-4-8-23(22)30-21-6-2-1-5-20(21)28-24(29)30/h1-12,14-15H. The molecular formula is C24H14N6. The number of benzene rings is 2. The largest absolute Gasteiger partial charge is 0.277 e. The van der Waals surface area contributed by atoms with Crippen LogP contribution in [0, 0.1) is 11.3 Å². The molecule has 0 saturated heterocycles. The molecule has 0 aliphatic carbocycles. The van der Waals surface area contributed by atoms with Crippen LogP contribution in [0.3, 0.4) is 0 Å². The van der Waals surface area contributed by atoms with Gasteiger partial charge in [0.25, 0.3) is 0 Å². The molecule has 0 amide bonds. The monoisotopic (exact) mass is 386 g/mol. The lowest BCUT2D eigenvalue weighted by Crippen LogP contribution is -1.97. The van der Waals surface area contributed by atoms with Crippen LogP contribution in [0.4, 0.5) is 0 Å². The van der Waals surface area contributed by atoms with Crippen LogP contribution in [0.2, 0.25) is 0 Å². The van der Waals surface area contributed by atoms with E-state index >= 15 is 0 Å². The van der Waals surface area contributed by atoms with Crippen LogP contribution in [0.15, 0.2) is 85.3 Å². The molecule has 0 radical (unpaired) electrons. The summed E-state index contributed by atoms with van der Waals surface area (Å²) in [5.41, 5.74) is 7.09. The van der Waals surface area contributed by atoms with Gasteiger partial charge in [0.2, 0.25) is 5.78 Å². The Hall–Kier alpha value is -4.50. The van der Waals surface area contributed by atoms with Crippen LogP contribution in [0.5, 0.6) is 0 Å². The van der Waals surface area contributed by atoms with Crippen molar-refractivity contribution in [1.29, 1.82) is 5.26 Å². The number of rotatable bonds is 2. The summed E-state index contributed by atoms with van der Waals surface area (Å²) in [6.07, 6.45) is 5.05. The van der Waals surface area contributed by atoms with E-state index in [4.69, 9.17) is 4.98 Å². The smallest absolute Gasteiger partial charge is 0.220 e. The minimum atomic E-state index is 0.506. The van der Waals surface area contributed by atoms with Crippen molar-refractivity contribution >= 4 is 27.8 Å². The fourth-order valence-corrected chi connectivity index (χ4v) is 3.99. The second kappa shape index (κ2) is 6.26. The van der Waals surface area contributed by atoms with E-state index in [1.54, 1.807) is 12.4 Å². The topological polar surface area (TPSA) is 71.8 Å². The van der Waals surface area contributed by atoms with Crippen LogP contribution in [0.25, 0.3) is 44.8 Å². The second-order valence-electron chi connectivity index (χ2n) is 6.99. The SMILES string of the molecule is N#Cc1cnccc1-c1ccc(-n2c3ccccc3n3c4ccccc4nc23)cn1. The van der Waals surface area contributed by atoms with E-state index < -0.39 is 0 Å². The molecule has 6 heteroatoms.